The summed E-state index contributed by atoms with van der Waals surface area (Å²) in [5.41, 5.74) is 0.939. The first-order valence-electron chi connectivity index (χ1n) is 10.6. The van der Waals surface area contributed by atoms with Crippen molar-refractivity contribution in [1.29, 1.82) is 0 Å². The van der Waals surface area contributed by atoms with Crippen molar-refractivity contribution in [3.05, 3.63) is 66.2 Å². The highest BCUT2D eigenvalue weighted by molar-refractivity contribution is 6.07. The smallest absolute Gasteiger partial charge is 0.368 e. The van der Waals surface area contributed by atoms with Crippen LogP contribution in [0.25, 0.3) is 5.65 Å². The Morgan fingerprint density at radius 2 is 1.88 bits per heavy atom. The molecule has 0 aromatic carbocycles. The minimum atomic E-state index is -4.48. The minimum Gasteiger partial charge on any atom is -0.368 e. The van der Waals surface area contributed by atoms with Gasteiger partial charge in [0.05, 0.1) is 5.71 Å². The highest BCUT2D eigenvalue weighted by atomic mass is 19.4. The highest BCUT2D eigenvalue weighted by Gasteiger charge is 2.34. The fourth-order valence-electron chi connectivity index (χ4n) is 4.40. The molecule has 1 saturated carbocycles. The van der Waals surface area contributed by atoms with E-state index < -0.39 is 11.9 Å². The van der Waals surface area contributed by atoms with Crippen LogP contribution >= 0.6 is 0 Å². The third-order valence-electron chi connectivity index (χ3n) is 6.11. The fraction of sp³-hybridized carbons (Fsp3) is 0.348. The Hall–Kier alpha value is -3.36. The second-order valence-electron chi connectivity index (χ2n) is 8.31. The summed E-state index contributed by atoms with van der Waals surface area (Å²) in [6, 6.07) is 5.18. The molecule has 32 heavy (non-hydrogen) atoms. The van der Waals surface area contributed by atoms with Crippen LogP contribution in [0.5, 0.6) is 0 Å². The minimum absolute atomic E-state index is 0.0735. The van der Waals surface area contributed by atoms with Crippen molar-refractivity contribution < 1.29 is 18.0 Å². The average Bonchev–Trinajstić information content (AvgIpc) is 3.42. The molecule has 1 atom stereocenters. The molecule has 2 N–H and O–H groups in total. The SMILES string of the molecule is O=C(N[C@H]1CC[C@@H](Nc2cccc3nc(C(F)(F)F)cn23)CC1)C1=CC2C=CN=C2C=C1. The molecule has 1 unspecified atom stereocenters. The van der Waals surface area contributed by atoms with Gasteiger partial charge in [0.2, 0.25) is 0 Å². The number of halogens is 3. The van der Waals surface area contributed by atoms with Crippen molar-refractivity contribution in [2.45, 2.75) is 43.9 Å². The van der Waals surface area contributed by atoms with Crippen LogP contribution in [0.2, 0.25) is 0 Å². The van der Waals surface area contributed by atoms with Crippen LogP contribution in [0.4, 0.5) is 19.0 Å². The van der Waals surface area contributed by atoms with Gasteiger partial charge in [-0.2, -0.15) is 13.2 Å². The zero-order valence-electron chi connectivity index (χ0n) is 17.1. The van der Waals surface area contributed by atoms with Crippen molar-refractivity contribution in [1.82, 2.24) is 14.7 Å². The lowest BCUT2D eigenvalue weighted by Crippen LogP contribution is -2.41. The number of allylic oxidation sites excluding steroid dienone is 3. The molecule has 2 aliphatic carbocycles. The first-order chi connectivity index (χ1) is 15.4. The molecule has 1 amide bonds. The molecule has 0 radical (unpaired) electrons. The van der Waals surface area contributed by atoms with Crippen LogP contribution in [-0.2, 0) is 11.0 Å². The van der Waals surface area contributed by atoms with Crippen LogP contribution in [0.3, 0.4) is 0 Å². The van der Waals surface area contributed by atoms with Gasteiger partial charge in [-0.05, 0) is 50.0 Å². The van der Waals surface area contributed by atoms with Gasteiger partial charge in [-0.15, -0.1) is 0 Å². The summed E-state index contributed by atoms with van der Waals surface area (Å²) in [6.07, 6.45) is 9.05. The number of imidazole rings is 1. The van der Waals surface area contributed by atoms with Crippen LogP contribution in [0, 0.1) is 5.92 Å². The zero-order chi connectivity index (χ0) is 22.3. The van der Waals surface area contributed by atoms with Crippen LogP contribution in [0.15, 0.2) is 65.5 Å². The van der Waals surface area contributed by atoms with E-state index in [2.05, 4.69) is 20.6 Å². The summed E-state index contributed by atoms with van der Waals surface area (Å²) in [5.74, 6) is 0.571. The Balaban J connectivity index is 1.18. The first-order valence-corrected chi connectivity index (χ1v) is 10.6. The molecule has 3 aliphatic rings. The molecule has 2 aromatic rings. The van der Waals surface area contributed by atoms with E-state index in [0.29, 0.717) is 11.4 Å². The van der Waals surface area contributed by atoms with Gasteiger partial charge in [0, 0.05) is 36.0 Å². The number of aliphatic imine (C=N–C) groups is 1. The van der Waals surface area contributed by atoms with Gasteiger partial charge in [0.25, 0.3) is 5.91 Å². The predicted octanol–water partition coefficient (Wildman–Crippen LogP) is 4.27. The number of anilines is 1. The quantitative estimate of drug-likeness (QED) is 0.744. The van der Waals surface area contributed by atoms with E-state index in [4.69, 9.17) is 0 Å². The number of alkyl halides is 3. The number of nitrogens with one attached hydrogen (secondary N) is 2. The molecule has 0 spiro atoms. The third-order valence-corrected chi connectivity index (χ3v) is 6.11. The summed E-state index contributed by atoms with van der Waals surface area (Å²) < 4.78 is 40.5. The Bertz CT molecular complexity index is 1170. The van der Waals surface area contributed by atoms with Gasteiger partial charge in [0.15, 0.2) is 5.69 Å². The lowest BCUT2D eigenvalue weighted by atomic mass is 9.90. The summed E-state index contributed by atoms with van der Waals surface area (Å²) in [6.45, 7) is 0. The number of pyridine rings is 1. The summed E-state index contributed by atoms with van der Waals surface area (Å²) in [5, 5.41) is 6.46. The summed E-state index contributed by atoms with van der Waals surface area (Å²) in [4.78, 5) is 20.6. The number of aromatic nitrogens is 2. The number of nitrogens with zero attached hydrogens (tertiary/aromatic N) is 3. The van der Waals surface area contributed by atoms with E-state index in [9.17, 15) is 18.0 Å². The largest absolute Gasteiger partial charge is 0.434 e. The first kappa shape index (κ1) is 20.5. The second-order valence-corrected chi connectivity index (χ2v) is 8.31. The predicted molar refractivity (Wildman–Crippen MR) is 115 cm³/mol. The standard InChI is InChI=1S/C23H22F3N5O/c24-23(25,26)19-13-31-20(2-1-3-21(31)30-19)28-16-5-7-17(8-6-16)29-22(32)15-4-9-18-14(12-15)10-11-27-18/h1-4,9-14,16-17,28H,5-8H2,(H,29,32)/t14?,16-,17+. The maximum atomic E-state index is 13.0. The molecule has 5 rings (SSSR count). The number of carbonyl (C=O) groups excluding carboxylic acids is 1. The number of fused-ring (bicyclic) bond motifs is 2. The van der Waals surface area contributed by atoms with Crippen molar-refractivity contribution in [2.75, 3.05) is 5.32 Å². The molecule has 166 valence electrons. The number of amides is 1. The van der Waals surface area contributed by atoms with Gasteiger partial charge in [-0.3, -0.25) is 14.2 Å². The molecule has 2 aromatic heterocycles. The highest BCUT2D eigenvalue weighted by Crippen LogP contribution is 2.30. The molecule has 0 saturated heterocycles. The maximum absolute atomic E-state index is 13.0. The van der Waals surface area contributed by atoms with Crippen molar-refractivity contribution >= 4 is 23.1 Å². The number of carbonyl (C=O) groups is 1. The van der Waals surface area contributed by atoms with Crippen LogP contribution in [0.1, 0.15) is 31.4 Å². The lowest BCUT2D eigenvalue weighted by Gasteiger charge is -2.30. The molecule has 6 nitrogen and oxygen atoms in total. The number of rotatable bonds is 4. The lowest BCUT2D eigenvalue weighted by molar-refractivity contribution is -0.140. The topological polar surface area (TPSA) is 70.8 Å². The number of hydrogen-bond acceptors (Lipinski definition) is 4. The van der Waals surface area contributed by atoms with E-state index in [1.807, 2.05) is 18.2 Å². The fourth-order valence-corrected chi connectivity index (χ4v) is 4.40. The van der Waals surface area contributed by atoms with E-state index in [1.54, 1.807) is 30.5 Å². The third kappa shape index (κ3) is 4.06. The van der Waals surface area contributed by atoms with Crippen LogP contribution < -0.4 is 10.6 Å². The molecule has 1 aliphatic heterocycles. The van der Waals surface area contributed by atoms with Crippen molar-refractivity contribution in [2.24, 2.45) is 10.9 Å². The molecular formula is C23H22F3N5O. The van der Waals surface area contributed by atoms with Gasteiger partial charge in [0.1, 0.15) is 11.5 Å². The molecule has 0 bridgehead atoms. The summed E-state index contributed by atoms with van der Waals surface area (Å²) in [7, 11) is 0. The molecule has 3 heterocycles. The van der Waals surface area contributed by atoms with Gasteiger partial charge in [-0.1, -0.05) is 18.2 Å². The van der Waals surface area contributed by atoms with E-state index in [-0.39, 0.29) is 29.6 Å². The Kier molecular flexibility index (Phi) is 5.11. The monoisotopic (exact) mass is 441 g/mol. The Morgan fingerprint density at radius 3 is 2.66 bits per heavy atom. The zero-order valence-corrected chi connectivity index (χ0v) is 17.1. The maximum Gasteiger partial charge on any atom is 0.434 e. The molecular weight excluding hydrogens is 419 g/mol. The average molecular weight is 441 g/mol. The van der Waals surface area contributed by atoms with Crippen molar-refractivity contribution in [3.8, 4) is 0 Å². The van der Waals surface area contributed by atoms with Gasteiger partial charge >= 0.3 is 6.18 Å². The van der Waals surface area contributed by atoms with Gasteiger partial charge < -0.3 is 10.6 Å². The van der Waals surface area contributed by atoms with E-state index >= 15 is 0 Å². The van der Waals surface area contributed by atoms with Crippen LogP contribution in [-0.4, -0.2) is 33.1 Å². The molecule has 9 heteroatoms. The molecule has 1 fully saturated rings. The second kappa shape index (κ2) is 7.96. The number of hydrogen-bond donors (Lipinski definition) is 2. The van der Waals surface area contributed by atoms with Gasteiger partial charge in [-0.25, -0.2) is 4.98 Å². The normalized spacial score (nSPS) is 24.8. The Morgan fingerprint density at radius 1 is 1.09 bits per heavy atom. The van der Waals surface area contributed by atoms with Crippen molar-refractivity contribution in [3.63, 3.8) is 0 Å². The Labute approximate surface area is 182 Å². The van der Waals surface area contributed by atoms with E-state index in [1.165, 1.54) is 4.40 Å². The summed E-state index contributed by atoms with van der Waals surface area (Å²) >= 11 is 0. The van der Waals surface area contributed by atoms with E-state index in [0.717, 1.165) is 37.6 Å².